The van der Waals surface area contributed by atoms with Gasteiger partial charge in [-0.1, -0.05) is 57.5 Å². The molecule has 33 heavy (non-hydrogen) atoms. The van der Waals surface area contributed by atoms with Gasteiger partial charge in [0.15, 0.2) is 11.0 Å². The lowest BCUT2D eigenvalue weighted by atomic mass is 10.2. The number of thioether (sulfide) groups is 1. The fourth-order valence-corrected chi connectivity index (χ4v) is 4.41. The van der Waals surface area contributed by atoms with Gasteiger partial charge >= 0.3 is 0 Å². The normalized spacial score (nSPS) is 10.8. The Morgan fingerprint density at radius 2 is 1.82 bits per heavy atom. The van der Waals surface area contributed by atoms with Crippen LogP contribution in [0.4, 0.5) is 0 Å². The van der Waals surface area contributed by atoms with Crippen LogP contribution in [0.5, 0.6) is 5.75 Å². The summed E-state index contributed by atoms with van der Waals surface area (Å²) >= 11 is 4.98. The lowest BCUT2D eigenvalue weighted by Crippen LogP contribution is -2.24. The SMILES string of the molecule is COc1cccc(CSc2nnc(CNC(=O)c3ccc(Br)cc3)n2-c2ccc(C)cc2)c1. The number of carbonyl (C=O) groups excluding carboxylic acids is 1. The van der Waals surface area contributed by atoms with Crippen LogP contribution in [-0.2, 0) is 12.3 Å². The van der Waals surface area contributed by atoms with Crippen molar-refractivity contribution in [3.8, 4) is 11.4 Å². The van der Waals surface area contributed by atoms with Crippen molar-refractivity contribution in [2.45, 2.75) is 24.4 Å². The van der Waals surface area contributed by atoms with Crippen LogP contribution in [0.15, 0.2) is 82.4 Å². The average molecular weight is 523 g/mol. The first-order valence-electron chi connectivity index (χ1n) is 10.3. The first-order valence-corrected chi connectivity index (χ1v) is 12.1. The summed E-state index contributed by atoms with van der Waals surface area (Å²) in [4.78, 5) is 12.6. The number of amides is 1. The molecule has 1 amide bonds. The van der Waals surface area contributed by atoms with Gasteiger partial charge in [-0.2, -0.15) is 0 Å². The summed E-state index contributed by atoms with van der Waals surface area (Å²) in [6.07, 6.45) is 0. The Balaban J connectivity index is 1.56. The van der Waals surface area contributed by atoms with Crippen LogP contribution < -0.4 is 10.1 Å². The zero-order valence-electron chi connectivity index (χ0n) is 18.3. The van der Waals surface area contributed by atoms with E-state index in [1.165, 1.54) is 5.56 Å². The molecule has 0 saturated heterocycles. The molecule has 0 aliphatic rings. The van der Waals surface area contributed by atoms with Crippen LogP contribution in [-0.4, -0.2) is 27.8 Å². The van der Waals surface area contributed by atoms with Crippen LogP contribution in [0.2, 0.25) is 0 Å². The number of aromatic nitrogens is 3. The second-order valence-corrected chi connectivity index (χ2v) is 9.26. The van der Waals surface area contributed by atoms with Crippen LogP contribution >= 0.6 is 27.7 Å². The number of hydrogen-bond donors (Lipinski definition) is 1. The molecule has 168 valence electrons. The van der Waals surface area contributed by atoms with Crippen molar-refractivity contribution in [3.05, 3.63) is 99.8 Å². The summed E-state index contributed by atoms with van der Waals surface area (Å²) < 4.78 is 8.25. The van der Waals surface area contributed by atoms with Crippen LogP contribution in [0.3, 0.4) is 0 Å². The van der Waals surface area contributed by atoms with Gasteiger partial charge in [0.05, 0.1) is 13.7 Å². The number of benzene rings is 3. The smallest absolute Gasteiger partial charge is 0.251 e. The van der Waals surface area contributed by atoms with Crippen LogP contribution in [0, 0.1) is 6.92 Å². The van der Waals surface area contributed by atoms with Gasteiger partial charge in [0, 0.05) is 21.5 Å². The zero-order valence-corrected chi connectivity index (χ0v) is 20.7. The molecular weight excluding hydrogens is 500 g/mol. The van der Waals surface area contributed by atoms with Gasteiger partial charge in [-0.25, -0.2) is 0 Å². The largest absolute Gasteiger partial charge is 0.497 e. The Bertz CT molecular complexity index is 1240. The maximum atomic E-state index is 12.6. The maximum absolute atomic E-state index is 12.6. The third-order valence-corrected chi connectivity index (χ3v) is 6.54. The lowest BCUT2D eigenvalue weighted by molar-refractivity contribution is 0.0949. The lowest BCUT2D eigenvalue weighted by Gasteiger charge is -2.12. The van der Waals surface area contributed by atoms with Gasteiger partial charge in [-0.3, -0.25) is 9.36 Å². The molecule has 0 saturated carbocycles. The minimum Gasteiger partial charge on any atom is -0.497 e. The topological polar surface area (TPSA) is 69.0 Å². The standard InChI is InChI=1S/C25H23BrN4O2S/c1-17-6-12-21(13-7-17)30-23(15-27-24(31)19-8-10-20(26)11-9-19)28-29-25(30)33-16-18-4-3-5-22(14-18)32-2/h3-14H,15-16H2,1-2H3,(H,27,31). The Morgan fingerprint density at radius 3 is 2.55 bits per heavy atom. The number of nitrogens with one attached hydrogen (secondary N) is 1. The third kappa shape index (κ3) is 5.83. The molecule has 0 fully saturated rings. The van der Waals surface area contributed by atoms with Crippen molar-refractivity contribution < 1.29 is 9.53 Å². The number of hydrogen-bond acceptors (Lipinski definition) is 5. The Kier molecular flexibility index (Phi) is 7.47. The van der Waals surface area contributed by atoms with E-state index in [1.807, 2.05) is 54.0 Å². The fourth-order valence-electron chi connectivity index (χ4n) is 3.23. The van der Waals surface area contributed by atoms with E-state index in [4.69, 9.17) is 4.74 Å². The number of rotatable bonds is 8. The zero-order chi connectivity index (χ0) is 23.2. The number of aryl methyl sites for hydroxylation is 1. The number of nitrogens with zero attached hydrogens (tertiary/aromatic N) is 3. The Hall–Kier alpha value is -3.10. The highest BCUT2D eigenvalue weighted by molar-refractivity contribution is 9.10. The highest BCUT2D eigenvalue weighted by Gasteiger charge is 2.16. The average Bonchev–Trinajstić information content (AvgIpc) is 3.25. The third-order valence-electron chi connectivity index (χ3n) is 5.01. The van der Waals surface area contributed by atoms with E-state index in [0.717, 1.165) is 26.6 Å². The molecule has 1 N–H and O–H groups in total. The molecule has 6 nitrogen and oxygen atoms in total. The summed E-state index contributed by atoms with van der Waals surface area (Å²) in [5.41, 5.74) is 3.84. The van der Waals surface area contributed by atoms with Crippen LogP contribution in [0.1, 0.15) is 27.3 Å². The maximum Gasteiger partial charge on any atom is 0.251 e. The van der Waals surface area contributed by atoms with Crippen molar-refractivity contribution >= 4 is 33.6 Å². The van der Waals surface area contributed by atoms with Crippen molar-refractivity contribution in [1.82, 2.24) is 20.1 Å². The second kappa shape index (κ2) is 10.7. The summed E-state index contributed by atoms with van der Waals surface area (Å²) in [7, 11) is 1.66. The summed E-state index contributed by atoms with van der Waals surface area (Å²) in [5, 5.41) is 12.5. The number of ether oxygens (including phenoxy) is 1. The molecule has 0 radical (unpaired) electrons. The van der Waals surface area contributed by atoms with Crippen LogP contribution in [0.25, 0.3) is 5.69 Å². The van der Waals surface area contributed by atoms with Gasteiger partial charge in [0.25, 0.3) is 5.91 Å². The summed E-state index contributed by atoms with van der Waals surface area (Å²) in [6, 6.07) is 23.4. The van der Waals surface area contributed by atoms with Crippen molar-refractivity contribution in [2.24, 2.45) is 0 Å². The van der Waals surface area contributed by atoms with Gasteiger partial charge in [-0.05, 0) is 61.0 Å². The van der Waals surface area contributed by atoms with Crippen molar-refractivity contribution in [2.75, 3.05) is 7.11 Å². The van der Waals surface area contributed by atoms with Crippen molar-refractivity contribution in [1.29, 1.82) is 0 Å². The first-order chi connectivity index (χ1) is 16.0. The quantitative estimate of drug-likeness (QED) is 0.306. The van der Waals surface area contributed by atoms with E-state index < -0.39 is 0 Å². The molecule has 4 aromatic rings. The molecule has 0 aliphatic heterocycles. The molecule has 3 aromatic carbocycles. The number of carbonyl (C=O) groups is 1. The molecule has 0 unspecified atom stereocenters. The van der Waals surface area contributed by atoms with E-state index in [0.29, 0.717) is 17.1 Å². The predicted octanol–water partition coefficient (Wildman–Crippen LogP) is 5.57. The molecule has 0 aliphatic carbocycles. The summed E-state index contributed by atoms with van der Waals surface area (Å²) in [6.45, 7) is 2.31. The highest BCUT2D eigenvalue weighted by atomic mass is 79.9. The predicted molar refractivity (Wildman–Crippen MR) is 134 cm³/mol. The molecule has 0 atom stereocenters. The van der Waals surface area contributed by atoms with Gasteiger partial charge in [-0.15, -0.1) is 10.2 Å². The Labute approximate surface area is 205 Å². The Morgan fingerprint density at radius 1 is 1.06 bits per heavy atom. The monoisotopic (exact) mass is 522 g/mol. The van der Waals surface area contributed by atoms with Crippen molar-refractivity contribution in [3.63, 3.8) is 0 Å². The molecule has 0 spiro atoms. The van der Waals surface area contributed by atoms with E-state index in [9.17, 15) is 4.79 Å². The van der Waals surface area contributed by atoms with E-state index in [1.54, 1.807) is 31.0 Å². The fraction of sp³-hybridized carbons (Fsp3) is 0.160. The minimum atomic E-state index is -0.161. The van der Waals surface area contributed by atoms with Gasteiger partial charge in [0.2, 0.25) is 0 Å². The van der Waals surface area contributed by atoms with E-state index in [-0.39, 0.29) is 12.5 Å². The first kappa shape index (κ1) is 23.1. The second-order valence-electron chi connectivity index (χ2n) is 7.40. The summed E-state index contributed by atoms with van der Waals surface area (Å²) in [5.74, 6) is 2.04. The molecule has 8 heteroatoms. The van der Waals surface area contributed by atoms with E-state index >= 15 is 0 Å². The molecule has 0 bridgehead atoms. The minimum absolute atomic E-state index is 0.161. The molecular formula is C25H23BrN4O2S. The molecule has 4 rings (SSSR count). The highest BCUT2D eigenvalue weighted by Crippen LogP contribution is 2.27. The van der Waals surface area contributed by atoms with Gasteiger partial charge in [0.1, 0.15) is 5.75 Å². The molecule has 1 aromatic heterocycles. The molecule has 1 heterocycles. The number of halogens is 1. The van der Waals surface area contributed by atoms with Gasteiger partial charge < -0.3 is 10.1 Å². The van der Waals surface area contributed by atoms with E-state index in [2.05, 4.69) is 49.6 Å². The number of methoxy groups -OCH3 is 1.